The molecule has 164 valence electrons. The first-order valence-corrected chi connectivity index (χ1v) is 10.2. The summed E-state index contributed by atoms with van der Waals surface area (Å²) < 4.78 is 11.3. The molecular formula is C25H19N3O5. The number of pyridine rings is 1. The zero-order chi connectivity index (χ0) is 23.1. The maximum absolute atomic E-state index is 13.2. The molecule has 0 radical (unpaired) electrons. The second kappa shape index (κ2) is 7.90. The summed E-state index contributed by atoms with van der Waals surface area (Å²) in [5.74, 6) is 0.310. The number of hydrogen-bond donors (Lipinski definition) is 1. The molecule has 2 heterocycles. The molecule has 33 heavy (non-hydrogen) atoms. The SMILES string of the molecule is COC(=O)c1cc2ccc(O)cc2n(Cc2ccc3ccc(-c4noc(C)n4)cc3c2)c1=O. The Kier molecular flexibility index (Phi) is 4.90. The largest absolute Gasteiger partial charge is 0.508 e. The van der Waals surface area contributed by atoms with Gasteiger partial charge in [-0.3, -0.25) is 4.79 Å². The van der Waals surface area contributed by atoms with Gasteiger partial charge < -0.3 is 18.9 Å². The van der Waals surface area contributed by atoms with Gasteiger partial charge in [-0.1, -0.05) is 29.4 Å². The van der Waals surface area contributed by atoms with Crippen LogP contribution in [0.2, 0.25) is 0 Å². The number of carbonyl (C=O) groups is 1. The zero-order valence-corrected chi connectivity index (χ0v) is 17.9. The molecule has 0 fully saturated rings. The summed E-state index contributed by atoms with van der Waals surface area (Å²) in [5.41, 5.74) is 1.63. The Hall–Kier alpha value is -4.46. The highest BCUT2D eigenvalue weighted by Gasteiger charge is 2.17. The van der Waals surface area contributed by atoms with Gasteiger partial charge in [-0.05, 0) is 52.1 Å². The van der Waals surface area contributed by atoms with Crippen LogP contribution < -0.4 is 5.56 Å². The molecule has 0 atom stereocenters. The van der Waals surface area contributed by atoms with E-state index in [2.05, 4.69) is 10.1 Å². The van der Waals surface area contributed by atoms with E-state index in [1.54, 1.807) is 13.0 Å². The third kappa shape index (κ3) is 3.71. The first-order valence-electron chi connectivity index (χ1n) is 10.2. The molecular weight excluding hydrogens is 422 g/mol. The molecule has 5 aromatic rings. The molecule has 0 saturated carbocycles. The van der Waals surface area contributed by atoms with Crippen LogP contribution in [0, 0.1) is 6.92 Å². The summed E-state index contributed by atoms with van der Waals surface area (Å²) in [7, 11) is 1.24. The Labute approximate surface area is 187 Å². The van der Waals surface area contributed by atoms with Crippen LogP contribution in [-0.2, 0) is 11.3 Å². The Morgan fingerprint density at radius 1 is 1.03 bits per heavy atom. The number of aromatic nitrogens is 3. The number of nitrogens with zero attached hydrogens (tertiary/aromatic N) is 3. The van der Waals surface area contributed by atoms with Crippen LogP contribution in [0.15, 0.2) is 70.0 Å². The van der Waals surface area contributed by atoms with E-state index in [1.165, 1.54) is 29.9 Å². The summed E-state index contributed by atoms with van der Waals surface area (Å²) in [5, 5.41) is 16.6. The maximum Gasteiger partial charge on any atom is 0.343 e. The summed E-state index contributed by atoms with van der Waals surface area (Å²) >= 11 is 0. The van der Waals surface area contributed by atoms with Crippen LogP contribution in [0.1, 0.15) is 21.8 Å². The maximum atomic E-state index is 13.2. The number of phenolic OH excluding ortho intramolecular Hbond substituents is 1. The highest BCUT2D eigenvalue weighted by atomic mass is 16.5. The van der Waals surface area contributed by atoms with Crippen LogP contribution in [-0.4, -0.2) is 32.9 Å². The highest BCUT2D eigenvalue weighted by molar-refractivity contribution is 5.94. The number of carbonyl (C=O) groups excluding carboxylic acids is 1. The van der Waals surface area contributed by atoms with Crippen molar-refractivity contribution in [3.05, 3.63) is 88.0 Å². The number of esters is 1. The normalized spacial score (nSPS) is 11.2. The van der Waals surface area contributed by atoms with Gasteiger partial charge in [0, 0.05) is 18.6 Å². The fourth-order valence-electron chi connectivity index (χ4n) is 3.91. The summed E-state index contributed by atoms with van der Waals surface area (Å²) in [4.78, 5) is 29.6. The molecule has 0 amide bonds. The van der Waals surface area contributed by atoms with Gasteiger partial charge >= 0.3 is 5.97 Å². The number of methoxy groups -OCH3 is 1. The van der Waals surface area contributed by atoms with E-state index in [4.69, 9.17) is 9.26 Å². The molecule has 0 aliphatic heterocycles. The van der Waals surface area contributed by atoms with Crippen LogP contribution in [0.3, 0.4) is 0 Å². The summed E-state index contributed by atoms with van der Waals surface area (Å²) in [6.07, 6.45) is 0. The van der Waals surface area contributed by atoms with E-state index in [1.807, 2.05) is 36.4 Å². The third-order valence-electron chi connectivity index (χ3n) is 5.52. The summed E-state index contributed by atoms with van der Waals surface area (Å²) in [6, 6.07) is 17.9. The molecule has 0 spiro atoms. The Balaban J connectivity index is 1.63. The molecule has 0 unspecified atom stereocenters. The first kappa shape index (κ1) is 20.4. The quantitative estimate of drug-likeness (QED) is 0.419. The minimum absolute atomic E-state index is 0.0278. The lowest BCUT2D eigenvalue weighted by molar-refractivity contribution is 0.0598. The van der Waals surface area contributed by atoms with Gasteiger partial charge in [0.05, 0.1) is 19.2 Å². The van der Waals surface area contributed by atoms with E-state index >= 15 is 0 Å². The second-order valence-electron chi connectivity index (χ2n) is 7.72. The summed E-state index contributed by atoms with van der Waals surface area (Å²) in [6.45, 7) is 1.93. The first-order chi connectivity index (χ1) is 15.9. The van der Waals surface area contributed by atoms with E-state index in [-0.39, 0.29) is 17.9 Å². The van der Waals surface area contributed by atoms with Gasteiger partial charge in [0.1, 0.15) is 11.3 Å². The second-order valence-corrected chi connectivity index (χ2v) is 7.72. The fourth-order valence-corrected chi connectivity index (χ4v) is 3.91. The number of phenols is 1. The number of fused-ring (bicyclic) bond motifs is 2. The van der Waals surface area contributed by atoms with Gasteiger partial charge in [-0.25, -0.2) is 4.79 Å². The smallest absolute Gasteiger partial charge is 0.343 e. The molecule has 0 saturated heterocycles. The molecule has 5 rings (SSSR count). The molecule has 0 bridgehead atoms. The van der Waals surface area contributed by atoms with Gasteiger partial charge in [-0.15, -0.1) is 0 Å². The molecule has 8 nitrogen and oxygen atoms in total. The van der Waals surface area contributed by atoms with Crippen molar-refractivity contribution < 1.29 is 19.2 Å². The monoisotopic (exact) mass is 441 g/mol. The molecule has 2 aromatic heterocycles. The van der Waals surface area contributed by atoms with Crippen molar-refractivity contribution >= 4 is 27.6 Å². The topological polar surface area (TPSA) is 107 Å². The van der Waals surface area contributed by atoms with Gasteiger partial charge in [-0.2, -0.15) is 4.98 Å². The van der Waals surface area contributed by atoms with Crippen molar-refractivity contribution in [2.45, 2.75) is 13.5 Å². The van der Waals surface area contributed by atoms with Crippen LogP contribution in [0.25, 0.3) is 33.1 Å². The lowest BCUT2D eigenvalue weighted by Gasteiger charge is -2.13. The van der Waals surface area contributed by atoms with Crippen LogP contribution in [0.4, 0.5) is 0 Å². The Morgan fingerprint density at radius 3 is 2.58 bits per heavy atom. The van der Waals surface area contributed by atoms with Crippen molar-refractivity contribution in [1.82, 2.24) is 14.7 Å². The number of rotatable bonds is 4. The number of aryl methyl sites for hydroxylation is 1. The molecule has 3 aromatic carbocycles. The average Bonchev–Trinajstić information content (AvgIpc) is 3.26. The Morgan fingerprint density at radius 2 is 1.82 bits per heavy atom. The molecule has 0 aliphatic rings. The zero-order valence-electron chi connectivity index (χ0n) is 17.9. The van der Waals surface area contributed by atoms with E-state index in [0.29, 0.717) is 22.6 Å². The highest BCUT2D eigenvalue weighted by Crippen LogP contribution is 2.25. The van der Waals surface area contributed by atoms with Crippen molar-refractivity contribution in [2.24, 2.45) is 0 Å². The average molecular weight is 441 g/mol. The number of benzene rings is 3. The Bertz CT molecular complexity index is 1600. The fraction of sp³-hybridized carbons (Fsp3) is 0.120. The van der Waals surface area contributed by atoms with Gasteiger partial charge in [0.2, 0.25) is 11.7 Å². The van der Waals surface area contributed by atoms with Gasteiger partial charge in [0.15, 0.2) is 0 Å². The van der Waals surface area contributed by atoms with Crippen molar-refractivity contribution in [3.8, 4) is 17.1 Å². The lowest BCUT2D eigenvalue weighted by Crippen LogP contribution is -2.27. The standard InChI is InChI=1S/C25H19N3O5/c1-14-26-23(27-33-14)18-6-5-16-4-3-15(9-19(16)10-18)13-28-22-12-20(29)8-7-17(22)11-21(24(28)30)25(31)32-2/h3-12,29H,13H2,1-2H3. The lowest BCUT2D eigenvalue weighted by atomic mass is 10.0. The van der Waals surface area contributed by atoms with Crippen LogP contribution in [0.5, 0.6) is 5.75 Å². The predicted octanol–water partition coefficient (Wildman–Crippen LogP) is 4.05. The van der Waals surface area contributed by atoms with Crippen LogP contribution >= 0.6 is 0 Å². The molecule has 1 N–H and O–H groups in total. The third-order valence-corrected chi connectivity index (χ3v) is 5.52. The van der Waals surface area contributed by atoms with Crippen molar-refractivity contribution in [2.75, 3.05) is 7.11 Å². The molecule has 0 aliphatic carbocycles. The number of hydrogen-bond acceptors (Lipinski definition) is 7. The van der Waals surface area contributed by atoms with Crippen molar-refractivity contribution in [1.29, 1.82) is 0 Å². The van der Waals surface area contributed by atoms with Gasteiger partial charge in [0.25, 0.3) is 5.56 Å². The predicted molar refractivity (Wildman–Crippen MR) is 122 cm³/mol. The van der Waals surface area contributed by atoms with E-state index in [0.717, 1.165) is 21.9 Å². The number of ether oxygens (including phenoxy) is 1. The van der Waals surface area contributed by atoms with E-state index < -0.39 is 11.5 Å². The minimum atomic E-state index is -0.706. The van der Waals surface area contributed by atoms with E-state index in [9.17, 15) is 14.7 Å². The number of aromatic hydroxyl groups is 1. The van der Waals surface area contributed by atoms with Crippen molar-refractivity contribution in [3.63, 3.8) is 0 Å². The minimum Gasteiger partial charge on any atom is -0.508 e. The molecule has 8 heteroatoms.